The summed E-state index contributed by atoms with van der Waals surface area (Å²) in [5.41, 5.74) is 8.45. The van der Waals surface area contributed by atoms with Gasteiger partial charge in [0.15, 0.2) is 0 Å². The van der Waals surface area contributed by atoms with Crippen LogP contribution in [-0.2, 0) is 6.42 Å². The molecule has 2 nitrogen and oxygen atoms in total. The zero-order valence-electron chi connectivity index (χ0n) is 7.16. The highest BCUT2D eigenvalue weighted by molar-refractivity contribution is 5.23. The van der Waals surface area contributed by atoms with Crippen LogP contribution in [0.3, 0.4) is 0 Å². The standard InChI is InChI=1S/C10H14N2/c11-9-6-2-1-4-8-5-3-7-12-10(8)9/h3,5,7,9H,1-2,4,6,11H2. The lowest BCUT2D eigenvalue weighted by molar-refractivity contribution is 0.605. The molecule has 64 valence electrons. The number of aryl methyl sites for hydroxylation is 1. The highest BCUT2D eigenvalue weighted by atomic mass is 14.8. The lowest BCUT2D eigenvalue weighted by Gasteiger charge is -2.09. The van der Waals surface area contributed by atoms with Crippen LogP contribution in [0, 0.1) is 0 Å². The van der Waals surface area contributed by atoms with Crippen molar-refractivity contribution in [2.45, 2.75) is 31.7 Å². The summed E-state index contributed by atoms with van der Waals surface area (Å²) in [4.78, 5) is 4.34. The molecule has 1 atom stereocenters. The van der Waals surface area contributed by atoms with E-state index in [4.69, 9.17) is 5.73 Å². The normalized spacial score (nSPS) is 22.9. The molecular weight excluding hydrogens is 148 g/mol. The van der Waals surface area contributed by atoms with Crippen LogP contribution >= 0.6 is 0 Å². The summed E-state index contributed by atoms with van der Waals surface area (Å²) in [6.45, 7) is 0. The van der Waals surface area contributed by atoms with Gasteiger partial charge in [-0.2, -0.15) is 0 Å². The van der Waals surface area contributed by atoms with Crippen LogP contribution < -0.4 is 5.73 Å². The second-order valence-corrected chi connectivity index (χ2v) is 3.40. The van der Waals surface area contributed by atoms with Gasteiger partial charge in [0, 0.05) is 12.2 Å². The van der Waals surface area contributed by atoms with Crippen molar-refractivity contribution in [2.75, 3.05) is 0 Å². The Balaban J connectivity index is 2.39. The first kappa shape index (κ1) is 7.74. The van der Waals surface area contributed by atoms with Crippen LogP contribution in [0.5, 0.6) is 0 Å². The van der Waals surface area contributed by atoms with Gasteiger partial charge in [0.1, 0.15) is 0 Å². The van der Waals surface area contributed by atoms with E-state index in [1.165, 1.54) is 18.4 Å². The Morgan fingerprint density at radius 1 is 1.42 bits per heavy atom. The fourth-order valence-electron chi connectivity index (χ4n) is 1.81. The summed E-state index contributed by atoms with van der Waals surface area (Å²) in [6, 6.07) is 4.31. The van der Waals surface area contributed by atoms with E-state index in [1.807, 2.05) is 12.3 Å². The average Bonchev–Trinajstić information content (AvgIpc) is 2.29. The third-order valence-corrected chi connectivity index (χ3v) is 2.49. The SMILES string of the molecule is NC1CCCCc2cccnc21. The third-order valence-electron chi connectivity index (χ3n) is 2.49. The van der Waals surface area contributed by atoms with E-state index < -0.39 is 0 Å². The number of fused-ring (bicyclic) bond motifs is 1. The maximum absolute atomic E-state index is 5.98. The van der Waals surface area contributed by atoms with E-state index in [0.717, 1.165) is 18.5 Å². The molecule has 0 aromatic carbocycles. The summed E-state index contributed by atoms with van der Waals surface area (Å²) in [7, 11) is 0. The molecule has 1 unspecified atom stereocenters. The number of hydrogen-bond donors (Lipinski definition) is 1. The van der Waals surface area contributed by atoms with Crippen LogP contribution in [0.1, 0.15) is 36.6 Å². The van der Waals surface area contributed by atoms with Crippen molar-refractivity contribution in [3.05, 3.63) is 29.6 Å². The van der Waals surface area contributed by atoms with Crippen LogP contribution in [-0.4, -0.2) is 4.98 Å². The van der Waals surface area contributed by atoms with Crippen LogP contribution in [0.15, 0.2) is 18.3 Å². The van der Waals surface area contributed by atoms with Crippen molar-refractivity contribution in [1.82, 2.24) is 4.98 Å². The molecule has 0 aliphatic heterocycles. The number of hydrogen-bond acceptors (Lipinski definition) is 2. The molecule has 0 amide bonds. The van der Waals surface area contributed by atoms with Gasteiger partial charge >= 0.3 is 0 Å². The Kier molecular flexibility index (Phi) is 2.09. The molecule has 0 saturated carbocycles. The lowest BCUT2D eigenvalue weighted by Crippen LogP contribution is -2.12. The van der Waals surface area contributed by atoms with E-state index in [1.54, 1.807) is 0 Å². The smallest absolute Gasteiger partial charge is 0.0602 e. The average molecular weight is 162 g/mol. The van der Waals surface area contributed by atoms with E-state index in [-0.39, 0.29) is 6.04 Å². The van der Waals surface area contributed by atoms with Crippen LogP contribution in [0.2, 0.25) is 0 Å². The van der Waals surface area contributed by atoms with Gasteiger partial charge < -0.3 is 5.73 Å². The monoisotopic (exact) mass is 162 g/mol. The van der Waals surface area contributed by atoms with Gasteiger partial charge in [-0.3, -0.25) is 4.98 Å². The summed E-state index contributed by atoms with van der Waals surface area (Å²) in [5.74, 6) is 0. The molecule has 0 spiro atoms. The van der Waals surface area contributed by atoms with Gasteiger partial charge in [-0.05, 0) is 30.9 Å². The second kappa shape index (κ2) is 3.23. The van der Waals surface area contributed by atoms with Gasteiger partial charge in [0.05, 0.1) is 5.69 Å². The minimum atomic E-state index is 0.170. The third kappa shape index (κ3) is 1.34. The van der Waals surface area contributed by atoms with Gasteiger partial charge in [-0.1, -0.05) is 12.5 Å². The van der Waals surface area contributed by atoms with Crippen molar-refractivity contribution in [2.24, 2.45) is 5.73 Å². The Hall–Kier alpha value is -0.890. The molecule has 1 aliphatic rings. The molecule has 2 rings (SSSR count). The predicted molar refractivity (Wildman–Crippen MR) is 48.7 cm³/mol. The Bertz CT molecular complexity index is 270. The molecular formula is C10H14N2. The Morgan fingerprint density at radius 3 is 3.25 bits per heavy atom. The van der Waals surface area contributed by atoms with E-state index in [0.29, 0.717) is 0 Å². The van der Waals surface area contributed by atoms with Gasteiger partial charge in [-0.25, -0.2) is 0 Å². The summed E-state index contributed by atoms with van der Waals surface area (Å²) in [6.07, 6.45) is 6.56. The summed E-state index contributed by atoms with van der Waals surface area (Å²) in [5, 5.41) is 0. The molecule has 2 heteroatoms. The molecule has 1 aliphatic carbocycles. The van der Waals surface area contributed by atoms with Crippen molar-refractivity contribution in [3.8, 4) is 0 Å². The highest BCUT2D eigenvalue weighted by Gasteiger charge is 2.14. The van der Waals surface area contributed by atoms with Crippen LogP contribution in [0.4, 0.5) is 0 Å². The number of nitrogens with zero attached hydrogens (tertiary/aromatic N) is 1. The fraction of sp³-hybridized carbons (Fsp3) is 0.500. The molecule has 1 heterocycles. The first-order chi connectivity index (χ1) is 5.88. The first-order valence-corrected chi connectivity index (χ1v) is 4.57. The minimum Gasteiger partial charge on any atom is -0.323 e. The van der Waals surface area contributed by atoms with Crippen molar-refractivity contribution < 1.29 is 0 Å². The number of nitrogens with two attached hydrogens (primary N) is 1. The lowest BCUT2D eigenvalue weighted by atomic mass is 10.1. The molecule has 1 aromatic heterocycles. The van der Waals surface area contributed by atoms with Crippen molar-refractivity contribution >= 4 is 0 Å². The van der Waals surface area contributed by atoms with Crippen molar-refractivity contribution in [3.63, 3.8) is 0 Å². The van der Waals surface area contributed by atoms with Gasteiger partial charge in [-0.15, -0.1) is 0 Å². The van der Waals surface area contributed by atoms with Gasteiger partial charge in [0.2, 0.25) is 0 Å². The van der Waals surface area contributed by atoms with Crippen LogP contribution in [0.25, 0.3) is 0 Å². The maximum atomic E-state index is 5.98. The maximum Gasteiger partial charge on any atom is 0.0602 e. The van der Waals surface area contributed by atoms with E-state index >= 15 is 0 Å². The van der Waals surface area contributed by atoms with Crippen molar-refractivity contribution in [1.29, 1.82) is 0 Å². The quantitative estimate of drug-likeness (QED) is 0.591. The second-order valence-electron chi connectivity index (χ2n) is 3.40. The Morgan fingerprint density at radius 2 is 2.33 bits per heavy atom. The molecule has 0 radical (unpaired) electrons. The first-order valence-electron chi connectivity index (χ1n) is 4.57. The molecule has 12 heavy (non-hydrogen) atoms. The molecule has 2 N–H and O–H groups in total. The zero-order valence-corrected chi connectivity index (χ0v) is 7.16. The van der Waals surface area contributed by atoms with E-state index in [9.17, 15) is 0 Å². The Labute approximate surface area is 72.8 Å². The van der Waals surface area contributed by atoms with E-state index in [2.05, 4.69) is 11.1 Å². The topological polar surface area (TPSA) is 38.9 Å². The van der Waals surface area contributed by atoms with Gasteiger partial charge in [0.25, 0.3) is 0 Å². The summed E-state index contributed by atoms with van der Waals surface area (Å²) >= 11 is 0. The predicted octanol–water partition coefficient (Wildman–Crippen LogP) is 1.81. The number of pyridine rings is 1. The molecule has 1 aromatic rings. The minimum absolute atomic E-state index is 0.170. The molecule has 0 saturated heterocycles. The molecule has 0 bridgehead atoms. The zero-order chi connectivity index (χ0) is 8.39. The number of rotatable bonds is 0. The largest absolute Gasteiger partial charge is 0.323 e. The highest BCUT2D eigenvalue weighted by Crippen LogP contribution is 2.24. The molecule has 0 fully saturated rings. The summed E-state index contributed by atoms with van der Waals surface area (Å²) < 4.78 is 0. The fourth-order valence-corrected chi connectivity index (χ4v) is 1.81. The number of aromatic nitrogens is 1.